The van der Waals surface area contributed by atoms with Crippen LogP contribution in [-0.4, -0.2) is 24.4 Å². The zero-order valence-electron chi connectivity index (χ0n) is 11.6. The number of nitrogens with zero attached hydrogens (tertiary/aromatic N) is 1. The molecule has 5 nitrogen and oxygen atoms in total. The third-order valence-corrected chi connectivity index (χ3v) is 3.85. The minimum atomic E-state index is -0.549. The van der Waals surface area contributed by atoms with Crippen molar-refractivity contribution in [1.82, 2.24) is 0 Å². The van der Waals surface area contributed by atoms with Gasteiger partial charge in [-0.15, -0.1) is 0 Å². The van der Waals surface area contributed by atoms with Crippen LogP contribution in [0.3, 0.4) is 0 Å². The second kappa shape index (κ2) is 4.90. The summed E-state index contributed by atoms with van der Waals surface area (Å²) in [6, 6.07) is 5.17. The number of anilines is 2. The molecule has 5 heteroatoms. The number of hydrogen-bond acceptors (Lipinski definition) is 3. The molecule has 0 saturated heterocycles. The molecule has 3 rings (SSSR count). The van der Waals surface area contributed by atoms with Gasteiger partial charge in [-0.2, -0.15) is 0 Å². The Kier molecular flexibility index (Phi) is 3.22. The van der Waals surface area contributed by atoms with E-state index in [0.717, 1.165) is 37.1 Å². The number of benzene rings is 1. The molecule has 1 heterocycles. The first kappa shape index (κ1) is 13.1. The first-order valence-electron chi connectivity index (χ1n) is 7.07. The van der Waals surface area contributed by atoms with Crippen molar-refractivity contribution in [1.29, 1.82) is 0 Å². The lowest BCUT2D eigenvalue weighted by atomic mass is 10.1. The molecular formula is C15H19N3O2. The molecule has 0 spiro atoms. The summed E-state index contributed by atoms with van der Waals surface area (Å²) in [6.45, 7) is 2.39. The average molecular weight is 273 g/mol. The maximum atomic E-state index is 12.2. The molecule has 3 N–H and O–H groups in total. The molecule has 1 atom stereocenters. The Morgan fingerprint density at radius 1 is 1.40 bits per heavy atom. The second-order valence-corrected chi connectivity index (χ2v) is 5.64. The van der Waals surface area contributed by atoms with Crippen molar-refractivity contribution in [2.75, 3.05) is 16.8 Å². The van der Waals surface area contributed by atoms with Gasteiger partial charge in [-0.3, -0.25) is 9.59 Å². The number of nitrogens with one attached hydrogen (secondary N) is 1. The van der Waals surface area contributed by atoms with Gasteiger partial charge in [0.2, 0.25) is 11.8 Å². The van der Waals surface area contributed by atoms with Crippen molar-refractivity contribution in [3.63, 3.8) is 0 Å². The summed E-state index contributed by atoms with van der Waals surface area (Å²) in [5.74, 6) is 0.214. The van der Waals surface area contributed by atoms with Crippen molar-refractivity contribution in [2.24, 2.45) is 11.7 Å². The fourth-order valence-corrected chi connectivity index (χ4v) is 2.49. The van der Waals surface area contributed by atoms with E-state index in [0.29, 0.717) is 5.69 Å². The number of rotatable bonds is 3. The zero-order chi connectivity index (χ0) is 14.3. The summed E-state index contributed by atoms with van der Waals surface area (Å²) in [4.78, 5) is 25.7. The Morgan fingerprint density at radius 3 is 2.80 bits per heavy atom. The van der Waals surface area contributed by atoms with Crippen LogP contribution in [0.15, 0.2) is 18.2 Å². The smallest absolute Gasteiger partial charge is 0.240 e. The highest BCUT2D eigenvalue weighted by molar-refractivity contribution is 6.00. The van der Waals surface area contributed by atoms with Crippen molar-refractivity contribution in [3.8, 4) is 0 Å². The minimum Gasteiger partial charge on any atom is -0.325 e. The molecule has 0 unspecified atom stereocenters. The number of carbonyl (C=O) groups excluding carboxylic acids is 2. The second-order valence-electron chi connectivity index (χ2n) is 5.64. The highest BCUT2D eigenvalue weighted by Gasteiger charge is 2.36. The Morgan fingerprint density at radius 2 is 2.15 bits per heavy atom. The van der Waals surface area contributed by atoms with Gasteiger partial charge >= 0.3 is 0 Å². The molecule has 1 fully saturated rings. The van der Waals surface area contributed by atoms with Crippen LogP contribution in [0.1, 0.15) is 25.3 Å². The van der Waals surface area contributed by atoms with Crippen LogP contribution in [-0.2, 0) is 16.0 Å². The van der Waals surface area contributed by atoms with Gasteiger partial charge < -0.3 is 16.0 Å². The number of fused-ring (bicyclic) bond motifs is 1. The summed E-state index contributed by atoms with van der Waals surface area (Å²) in [5.41, 5.74) is 8.34. The molecule has 0 aromatic heterocycles. The topological polar surface area (TPSA) is 75.4 Å². The number of carbonyl (C=O) groups is 2. The third kappa shape index (κ3) is 2.41. The standard InChI is InChI=1S/C15H19N3O2/c1-9(16)14(19)17-12-5-4-10-6-7-18(13(10)8-12)15(20)11-2-3-11/h4-5,8-9,11H,2-3,6-7,16H2,1H3,(H,17,19)/t9-/m1/s1. The average Bonchev–Trinajstić information content (AvgIpc) is 3.18. The molecule has 1 aliphatic carbocycles. The van der Waals surface area contributed by atoms with E-state index in [9.17, 15) is 9.59 Å². The summed E-state index contributed by atoms with van der Waals surface area (Å²) in [5, 5.41) is 2.77. The highest BCUT2D eigenvalue weighted by Crippen LogP contribution is 2.37. The summed E-state index contributed by atoms with van der Waals surface area (Å²) in [6.07, 6.45) is 2.90. The zero-order valence-corrected chi connectivity index (χ0v) is 11.6. The predicted octanol–water partition coefficient (Wildman–Crippen LogP) is 1.27. The maximum Gasteiger partial charge on any atom is 0.240 e. The van der Waals surface area contributed by atoms with Gasteiger partial charge in [0.1, 0.15) is 0 Å². The highest BCUT2D eigenvalue weighted by atomic mass is 16.2. The SMILES string of the molecule is C[C@@H](N)C(=O)Nc1ccc2c(c1)N(C(=O)C1CC1)CC2. The Balaban J connectivity index is 1.82. The molecule has 1 aliphatic heterocycles. The number of hydrogen-bond donors (Lipinski definition) is 2. The van der Waals surface area contributed by atoms with Crippen LogP contribution >= 0.6 is 0 Å². The van der Waals surface area contributed by atoms with Crippen LogP contribution in [0.25, 0.3) is 0 Å². The molecule has 1 aromatic rings. The van der Waals surface area contributed by atoms with Gasteiger partial charge in [0.25, 0.3) is 0 Å². The Bertz CT molecular complexity index is 564. The number of amides is 2. The molecule has 106 valence electrons. The van der Waals surface area contributed by atoms with E-state index in [1.807, 2.05) is 23.1 Å². The van der Waals surface area contributed by atoms with E-state index in [-0.39, 0.29) is 17.7 Å². The van der Waals surface area contributed by atoms with Gasteiger partial charge in [-0.05, 0) is 43.9 Å². The Labute approximate surface area is 118 Å². The van der Waals surface area contributed by atoms with Crippen molar-refractivity contribution in [2.45, 2.75) is 32.2 Å². The van der Waals surface area contributed by atoms with E-state index >= 15 is 0 Å². The predicted molar refractivity (Wildman–Crippen MR) is 77.5 cm³/mol. The van der Waals surface area contributed by atoms with Crippen LogP contribution in [0.2, 0.25) is 0 Å². The van der Waals surface area contributed by atoms with E-state index in [1.54, 1.807) is 6.92 Å². The van der Waals surface area contributed by atoms with Crippen LogP contribution in [0.4, 0.5) is 11.4 Å². The van der Waals surface area contributed by atoms with Gasteiger partial charge in [-0.25, -0.2) is 0 Å². The first-order valence-corrected chi connectivity index (χ1v) is 7.07. The molecule has 20 heavy (non-hydrogen) atoms. The van der Waals surface area contributed by atoms with Gasteiger partial charge in [0.15, 0.2) is 0 Å². The molecule has 0 radical (unpaired) electrons. The Hall–Kier alpha value is -1.88. The lowest BCUT2D eigenvalue weighted by Crippen LogP contribution is -2.32. The molecule has 1 aromatic carbocycles. The first-order chi connectivity index (χ1) is 9.56. The van der Waals surface area contributed by atoms with Crippen LogP contribution in [0.5, 0.6) is 0 Å². The van der Waals surface area contributed by atoms with E-state index in [4.69, 9.17) is 5.73 Å². The van der Waals surface area contributed by atoms with Crippen molar-refractivity contribution in [3.05, 3.63) is 23.8 Å². The molecular weight excluding hydrogens is 254 g/mol. The van der Waals surface area contributed by atoms with Crippen molar-refractivity contribution >= 4 is 23.2 Å². The van der Waals surface area contributed by atoms with E-state index in [1.165, 1.54) is 0 Å². The van der Waals surface area contributed by atoms with Crippen LogP contribution < -0.4 is 16.0 Å². The molecule has 0 bridgehead atoms. The lowest BCUT2D eigenvalue weighted by molar-refractivity contribution is -0.119. The lowest BCUT2D eigenvalue weighted by Gasteiger charge is -2.18. The van der Waals surface area contributed by atoms with E-state index < -0.39 is 6.04 Å². The molecule has 1 saturated carbocycles. The van der Waals surface area contributed by atoms with Gasteiger partial charge in [0.05, 0.1) is 6.04 Å². The van der Waals surface area contributed by atoms with Crippen LogP contribution in [0, 0.1) is 5.92 Å². The van der Waals surface area contributed by atoms with Crippen molar-refractivity contribution < 1.29 is 9.59 Å². The minimum absolute atomic E-state index is 0.211. The fourth-order valence-electron chi connectivity index (χ4n) is 2.49. The van der Waals surface area contributed by atoms with Gasteiger partial charge in [-0.1, -0.05) is 6.07 Å². The quantitative estimate of drug-likeness (QED) is 0.871. The summed E-state index contributed by atoms with van der Waals surface area (Å²) >= 11 is 0. The van der Waals surface area contributed by atoms with Gasteiger partial charge in [0, 0.05) is 23.8 Å². The normalized spacial score (nSPS) is 18.6. The summed E-state index contributed by atoms with van der Waals surface area (Å²) < 4.78 is 0. The third-order valence-electron chi connectivity index (χ3n) is 3.85. The summed E-state index contributed by atoms with van der Waals surface area (Å²) in [7, 11) is 0. The van der Waals surface area contributed by atoms with E-state index in [2.05, 4.69) is 5.32 Å². The molecule has 2 amide bonds. The fraction of sp³-hybridized carbons (Fsp3) is 0.467. The maximum absolute atomic E-state index is 12.2. The monoisotopic (exact) mass is 273 g/mol. The largest absolute Gasteiger partial charge is 0.325 e. The molecule has 2 aliphatic rings. The number of nitrogens with two attached hydrogens (primary N) is 1.